The number of amides is 1. The largest absolute Gasteiger partial charge is 0.493 e. The van der Waals surface area contributed by atoms with Gasteiger partial charge < -0.3 is 20.1 Å². The molecule has 0 unspecified atom stereocenters. The average molecular weight is 377 g/mol. The summed E-state index contributed by atoms with van der Waals surface area (Å²) in [5.41, 5.74) is 2.95. The minimum Gasteiger partial charge on any atom is -0.493 e. The van der Waals surface area contributed by atoms with Crippen LogP contribution in [0.1, 0.15) is 11.1 Å². The summed E-state index contributed by atoms with van der Waals surface area (Å²) in [6.45, 7) is 7.02. The number of nitrogens with one attached hydrogen (secondary N) is 2. The van der Waals surface area contributed by atoms with Crippen LogP contribution in [0.5, 0.6) is 11.5 Å². The maximum atomic E-state index is 12.0. The normalized spacial score (nSPS) is 9.77. The zero-order valence-electron chi connectivity index (χ0n) is 15.1. The van der Waals surface area contributed by atoms with Gasteiger partial charge >= 0.3 is 0 Å². The molecule has 0 bridgehead atoms. The summed E-state index contributed by atoms with van der Waals surface area (Å²) >= 11 is 0. The van der Waals surface area contributed by atoms with Gasteiger partial charge in [-0.05, 0) is 36.8 Å². The van der Waals surface area contributed by atoms with E-state index in [1.54, 1.807) is 13.2 Å². The molecule has 0 aromatic heterocycles. The molecule has 0 aliphatic carbocycles. The average Bonchev–Trinajstić information content (AvgIpc) is 2.62. The monoisotopic (exact) mass is 376 g/mol. The van der Waals surface area contributed by atoms with Crippen LogP contribution in [0.3, 0.4) is 0 Å². The minimum absolute atomic E-state index is 0. The summed E-state index contributed by atoms with van der Waals surface area (Å²) in [5, 5.41) is 6.02. The van der Waals surface area contributed by atoms with E-state index in [0.717, 1.165) is 23.4 Å². The van der Waals surface area contributed by atoms with Gasteiger partial charge in [0.2, 0.25) is 0 Å². The van der Waals surface area contributed by atoms with Crippen LogP contribution in [-0.4, -0.2) is 26.2 Å². The zero-order valence-corrected chi connectivity index (χ0v) is 15.9. The number of aryl methyl sites for hydroxylation is 1. The zero-order chi connectivity index (χ0) is 18.1. The van der Waals surface area contributed by atoms with Crippen molar-refractivity contribution >= 4 is 24.0 Å². The Morgan fingerprint density at radius 1 is 1.15 bits per heavy atom. The van der Waals surface area contributed by atoms with Crippen molar-refractivity contribution in [2.45, 2.75) is 13.5 Å². The number of rotatable bonds is 9. The van der Waals surface area contributed by atoms with Crippen LogP contribution in [-0.2, 0) is 11.3 Å². The highest BCUT2D eigenvalue weighted by molar-refractivity contribution is 5.91. The first kappa shape index (κ1) is 21.5. The molecule has 0 saturated heterocycles. The van der Waals surface area contributed by atoms with E-state index in [-0.39, 0.29) is 24.9 Å². The Morgan fingerprint density at radius 2 is 1.88 bits per heavy atom. The Hall–Kier alpha value is -2.50. The lowest BCUT2D eigenvalue weighted by Gasteiger charge is -2.12. The summed E-state index contributed by atoms with van der Waals surface area (Å²) < 4.78 is 10.9. The fraction of sp³-hybridized carbons (Fsp3) is 0.250. The molecule has 5 nitrogen and oxygen atoms in total. The van der Waals surface area contributed by atoms with Gasteiger partial charge in [-0.15, -0.1) is 19.0 Å². The van der Waals surface area contributed by atoms with Gasteiger partial charge in [0, 0.05) is 18.8 Å². The highest BCUT2D eigenvalue weighted by atomic mass is 35.5. The maximum Gasteiger partial charge on any atom is 0.262 e. The SMILES string of the molecule is C=CCNCc1ccc(OCC(=O)Nc2ccc(C)cc2)c(OC)c1.Cl. The Balaban J connectivity index is 0.00000338. The van der Waals surface area contributed by atoms with Gasteiger partial charge in [-0.25, -0.2) is 0 Å². The highest BCUT2D eigenvalue weighted by Gasteiger charge is 2.09. The van der Waals surface area contributed by atoms with Gasteiger partial charge in [0.25, 0.3) is 5.91 Å². The third kappa shape index (κ3) is 6.78. The number of benzene rings is 2. The lowest BCUT2D eigenvalue weighted by Crippen LogP contribution is -2.20. The van der Waals surface area contributed by atoms with E-state index in [2.05, 4.69) is 17.2 Å². The predicted octanol–water partition coefficient (Wildman–Crippen LogP) is 3.72. The molecular formula is C20H25ClN2O3. The fourth-order valence-electron chi connectivity index (χ4n) is 2.24. The second kappa shape index (κ2) is 11.2. The second-order valence-corrected chi connectivity index (χ2v) is 5.61. The van der Waals surface area contributed by atoms with E-state index in [9.17, 15) is 4.79 Å². The smallest absolute Gasteiger partial charge is 0.262 e. The van der Waals surface area contributed by atoms with E-state index >= 15 is 0 Å². The van der Waals surface area contributed by atoms with Crippen LogP contribution in [0.15, 0.2) is 55.1 Å². The molecule has 0 spiro atoms. The van der Waals surface area contributed by atoms with E-state index in [0.29, 0.717) is 18.0 Å². The Bertz CT molecular complexity index is 717. The Labute approximate surface area is 160 Å². The van der Waals surface area contributed by atoms with Crippen molar-refractivity contribution in [3.8, 4) is 11.5 Å². The van der Waals surface area contributed by atoms with Crippen molar-refractivity contribution in [2.75, 3.05) is 25.6 Å². The number of ether oxygens (including phenoxy) is 2. The summed E-state index contributed by atoms with van der Waals surface area (Å²) in [5.74, 6) is 0.915. The molecule has 1 amide bonds. The second-order valence-electron chi connectivity index (χ2n) is 5.61. The van der Waals surface area contributed by atoms with Crippen molar-refractivity contribution in [3.63, 3.8) is 0 Å². The molecule has 0 aliphatic heterocycles. The van der Waals surface area contributed by atoms with Gasteiger partial charge in [-0.3, -0.25) is 4.79 Å². The number of hydrogen-bond donors (Lipinski definition) is 2. The lowest BCUT2D eigenvalue weighted by atomic mass is 10.2. The maximum absolute atomic E-state index is 12.0. The van der Waals surface area contributed by atoms with E-state index < -0.39 is 0 Å². The van der Waals surface area contributed by atoms with Crippen molar-refractivity contribution in [3.05, 3.63) is 66.2 Å². The van der Waals surface area contributed by atoms with Crippen molar-refractivity contribution in [1.29, 1.82) is 0 Å². The van der Waals surface area contributed by atoms with Gasteiger partial charge in [0.05, 0.1) is 7.11 Å². The van der Waals surface area contributed by atoms with Gasteiger partial charge in [-0.1, -0.05) is 29.8 Å². The summed E-state index contributed by atoms with van der Waals surface area (Å²) in [4.78, 5) is 12.0. The molecule has 2 aromatic rings. The van der Waals surface area contributed by atoms with Crippen LogP contribution >= 0.6 is 12.4 Å². The topological polar surface area (TPSA) is 59.6 Å². The molecule has 0 saturated carbocycles. The van der Waals surface area contributed by atoms with Crippen LogP contribution in [0.4, 0.5) is 5.69 Å². The Kier molecular flexibility index (Phi) is 9.26. The van der Waals surface area contributed by atoms with Crippen LogP contribution < -0.4 is 20.1 Å². The first-order valence-corrected chi connectivity index (χ1v) is 8.10. The minimum atomic E-state index is -0.220. The standard InChI is InChI=1S/C20H24N2O3.ClH/c1-4-11-21-13-16-7-10-18(19(12-16)24-3)25-14-20(23)22-17-8-5-15(2)6-9-17;/h4-10,12,21H,1,11,13-14H2,2-3H3,(H,22,23);1H. The summed E-state index contributed by atoms with van der Waals surface area (Å²) in [7, 11) is 1.58. The molecule has 140 valence electrons. The molecule has 0 atom stereocenters. The number of halogens is 1. The van der Waals surface area contributed by atoms with E-state index in [4.69, 9.17) is 9.47 Å². The number of carbonyl (C=O) groups is 1. The number of hydrogen-bond acceptors (Lipinski definition) is 4. The quantitative estimate of drug-likeness (QED) is 0.517. The van der Waals surface area contributed by atoms with Gasteiger partial charge in [-0.2, -0.15) is 0 Å². The van der Waals surface area contributed by atoms with E-state index in [1.165, 1.54) is 0 Å². The van der Waals surface area contributed by atoms with Crippen LogP contribution in [0.25, 0.3) is 0 Å². The van der Waals surface area contributed by atoms with Crippen molar-refractivity contribution in [1.82, 2.24) is 5.32 Å². The third-order valence-corrected chi connectivity index (χ3v) is 3.54. The first-order chi connectivity index (χ1) is 12.1. The van der Waals surface area contributed by atoms with Crippen LogP contribution in [0, 0.1) is 6.92 Å². The van der Waals surface area contributed by atoms with E-state index in [1.807, 2.05) is 49.4 Å². The number of methoxy groups -OCH3 is 1. The lowest BCUT2D eigenvalue weighted by molar-refractivity contribution is -0.118. The first-order valence-electron chi connectivity index (χ1n) is 8.10. The third-order valence-electron chi connectivity index (χ3n) is 3.54. The molecule has 2 N–H and O–H groups in total. The predicted molar refractivity (Wildman–Crippen MR) is 107 cm³/mol. The highest BCUT2D eigenvalue weighted by Crippen LogP contribution is 2.28. The Morgan fingerprint density at radius 3 is 2.54 bits per heavy atom. The van der Waals surface area contributed by atoms with Crippen LogP contribution in [0.2, 0.25) is 0 Å². The van der Waals surface area contributed by atoms with Crippen molar-refractivity contribution < 1.29 is 14.3 Å². The molecular weight excluding hydrogens is 352 g/mol. The van der Waals surface area contributed by atoms with Crippen molar-refractivity contribution in [2.24, 2.45) is 0 Å². The number of anilines is 1. The van der Waals surface area contributed by atoms with Gasteiger partial charge in [0.15, 0.2) is 18.1 Å². The molecule has 0 heterocycles. The molecule has 0 fully saturated rings. The molecule has 2 aromatic carbocycles. The fourth-order valence-corrected chi connectivity index (χ4v) is 2.24. The molecule has 26 heavy (non-hydrogen) atoms. The summed E-state index contributed by atoms with van der Waals surface area (Å²) in [6, 6.07) is 13.2. The molecule has 2 rings (SSSR count). The number of carbonyl (C=O) groups excluding carboxylic acids is 1. The molecule has 0 radical (unpaired) electrons. The molecule has 0 aliphatic rings. The summed E-state index contributed by atoms with van der Waals surface area (Å²) in [6.07, 6.45) is 1.81. The molecule has 6 heteroatoms. The van der Waals surface area contributed by atoms with Gasteiger partial charge in [0.1, 0.15) is 0 Å².